The molecule has 3 rings (SSSR count). The number of methoxy groups -OCH3 is 2. The van der Waals surface area contributed by atoms with Gasteiger partial charge in [0.15, 0.2) is 0 Å². The summed E-state index contributed by atoms with van der Waals surface area (Å²) in [4.78, 5) is 13.1. The predicted molar refractivity (Wildman–Crippen MR) is 128 cm³/mol. The minimum absolute atomic E-state index is 0.118. The van der Waals surface area contributed by atoms with Crippen molar-refractivity contribution in [2.75, 3.05) is 25.1 Å². The number of hydrogen-bond donors (Lipinski definition) is 1. The molecule has 7 nitrogen and oxygen atoms in total. The van der Waals surface area contributed by atoms with Crippen LogP contribution in [0.4, 0.5) is 5.69 Å². The van der Waals surface area contributed by atoms with Gasteiger partial charge in [0.05, 0.1) is 30.8 Å². The SMILES string of the molecule is COc1ccc(OC)c([C@@H](C)NC(=O)CN(c2ccccc2)S(=O)(=O)c2ccc(C)cc2)c1. The molecule has 0 aliphatic rings. The molecule has 0 saturated heterocycles. The first-order valence-corrected chi connectivity index (χ1v) is 11.9. The highest BCUT2D eigenvalue weighted by Gasteiger charge is 2.28. The van der Waals surface area contributed by atoms with Gasteiger partial charge in [0.2, 0.25) is 5.91 Å². The number of hydrogen-bond acceptors (Lipinski definition) is 5. The zero-order valence-corrected chi connectivity index (χ0v) is 19.9. The summed E-state index contributed by atoms with van der Waals surface area (Å²) in [6, 6.07) is 20.0. The summed E-state index contributed by atoms with van der Waals surface area (Å²) in [5.74, 6) is 0.766. The van der Waals surface area contributed by atoms with Gasteiger partial charge in [0.1, 0.15) is 18.0 Å². The van der Waals surface area contributed by atoms with Crippen LogP contribution in [-0.2, 0) is 14.8 Å². The van der Waals surface area contributed by atoms with Crippen LogP contribution in [0.15, 0.2) is 77.7 Å². The van der Waals surface area contributed by atoms with Crippen LogP contribution in [0.2, 0.25) is 0 Å². The molecule has 0 aromatic heterocycles. The van der Waals surface area contributed by atoms with Crippen molar-refractivity contribution >= 4 is 21.6 Å². The van der Waals surface area contributed by atoms with Crippen molar-refractivity contribution in [2.24, 2.45) is 0 Å². The molecule has 1 atom stereocenters. The summed E-state index contributed by atoms with van der Waals surface area (Å²) < 4.78 is 38.7. The van der Waals surface area contributed by atoms with E-state index >= 15 is 0 Å². The first kappa shape index (κ1) is 24.1. The van der Waals surface area contributed by atoms with Crippen molar-refractivity contribution in [1.82, 2.24) is 5.32 Å². The number of amides is 1. The number of nitrogens with one attached hydrogen (secondary N) is 1. The maximum Gasteiger partial charge on any atom is 0.264 e. The molecule has 174 valence electrons. The molecule has 1 amide bonds. The van der Waals surface area contributed by atoms with E-state index in [9.17, 15) is 13.2 Å². The van der Waals surface area contributed by atoms with Gasteiger partial charge in [-0.05, 0) is 56.3 Å². The zero-order chi connectivity index (χ0) is 24.0. The third-order valence-electron chi connectivity index (χ3n) is 5.22. The van der Waals surface area contributed by atoms with Crippen molar-refractivity contribution in [2.45, 2.75) is 24.8 Å². The maximum absolute atomic E-state index is 13.4. The highest BCUT2D eigenvalue weighted by atomic mass is 32.2. The highest BCUT2D eigenvalue weighted by molar-refractivity contribution is 7.92. The summed E-state index contributed by atoms with van der Waals surface area (Å²) in [5, 5.41) is 2.87. The average molecular weight is 469 g/mol. The second-order valence-corrected chi connectivity index (χ2v) is 9.42. The van der Waals surface area contributed by atoms with Crippen LogP contribution >= 0.6 is 0 Å². The van der Waals surface area contributed by atoms with Crippen molar-refractivity contribution in [3.63, 3.8) is 0 Å². The number of rotatable bonds is 9. The van der Waals surface area contributed by atoms with E-state index in [-0.39, 0.29) is 11.4 Å². The Morgan fingerprint density at radius 3 is 2.24 bits per heavy atom. The summed E-state index contributed by atoms with van der Waals surface area (Å²) >= 11 is 0. The van der Waals surface area contributed by atoms with Crippen LogP contribution in [0.3, 0.4) is 0 Å². The Kier molecular flexibility index (Phi) is 7.60. The molecule has 3 aromatic carbocycles. The van der Waals surface area contributed by atoms with Crippen molar-refractivity contribution in [3.8, 4) is 11.5 Å². The van der Waals surface area contributed by atoms with E-state index in [4.69, 9.17) is 9.47 Å². The van der Waals surface area contributed by atoms with Crippen LogP contribution < -0.4 is 19.1 Å². The minimum atomic E-state index is -3.96. The quantitative estimate of drug-likeness (QED) is 0.511. The third kappa shape index (κ3) is 5.64. The Bertz CT molecular complexity index is 1200. The van der Waals surface area contributed by atoms with Crippen molar-refractivity contribution in [3.05, 3.63) is 83.9 Å². The predicted octanol–water partition coefficient (Wildman–Crippen LogP) is 4.08. The standard InChI is InChI=1S/C25H28N2O5S/c1-18-10-13-22(14-11-18)33(29,30)27(20-8-6-5-7-9-20)17-25(28)26-19(2)23-16-21(31-3)12-15-24(23)32-4/h5-16,19H,17H2,1-4H3,(H,26,28)/t19-/m1/s1. The highest BCUT2D eigenvalue weighted by Crippen LogP contribution is 2.29. The number of carbonyl (C=O) groups excluding carboxylic acids is 1. The molecule has 0 aliphatic carbocycles. The van der Waals surface area contributed by atoms with E-state index in [1.54, 1.807) is 93.9 Å². The van der Waals surface area contributed by atoms with E-state index < -0.39 is 22.0 Å². The molecule has 33 heavy (non-hydrogen) atoms. The largest absolute Gasteiger partial charge is 0.497 e. The summed E-state index contributed by atoms with van der Waals surface area (Å²) in [7, 11) is -0.857. The van der Waals surface area contributed by atoms with Crippen LogP contribution in [0.25, 0.3) is 0 Å². The van der Waals surface area contributed by atoms with E-state index in [0.717, 1.165) is 15.4 Å². The number of nitrogens with zero attached hydrogens (tertiary/aromatic N) is 1. The number of sulfonamides is 1. The van der Waals surface area contributed by atoms with Gasteiger partial charge in [-0.3, -0.25) is 9.10 Å². The van der Waals surface area contributed by atoms with E-state index in [0.29, 0.717) is 17.2 Å². The topological polar surface area (TPSA) is 84.9 Å². The van der Waals surface area contributed by atoms with Crippen LogP contribution in [0, 0.1) is 6.92 Å². The van der Waals surface area contributed by atoms with Crippen molar-refractivity contribution in [1.29, 1.82) is 0 Å². The molecule has 0 aliphatic heterocycles. The fraction of sp³-hybridized carbons (Fsp3) is 0.240. The van der Waals surface area contributed by atoms with Crippen molar-refractivity contribution < 1.29 is 22.7 Å². The lowest BCUT2D eigenvalue weighted by molar-refractivity contribution is -0.120. The number of benzene rings is 3. The van der Waals surface area contributed by atoms with Gasteiger partial charge in [0, 0.05) is 5.56 Å². The maximum atomic E-state index is 13.4. The Morgan fingerprint density at radius 1 is 0.970 bits per heavy atom. The lowest BCUT2D eigenvalue weighted by Gasteiger charge is -2.25. The summed E-state index contributed by atoms with van der Waals surface area (Å²) in [5.41, 5.74) is 2.07. The number of anilines is 1. The molecular formula is C25H28N2O5S. The molecule has 0 radical (unpaired) electrons. The normalized spacial score (nSPS) is 12.0. The second kappa shape index (κ2) is 10.4. The molecule has 3 aromatic rings. The smallest absolute Gasteiger partial charge is 0.264 e. The molecule has 0 heterocycles. The fourth-order valence-corrected chi connectivity index (χ4v) is 4.84. The van der Waals surface area contributed by atoms with E-state index in [1.807, 2.05) is 6.92 Å². The molecule has 0 fully saturated rings. The molecule has 1 N–H and O–H groups in total. The Labute approximate surface area is 195 Å². The number of carbonyl (C=O) groups is 1. The van der Waals surface area contributed by atoms with E-state index in [2.05, 4.69) is 5.32 Å². The molecule has 0 saturated carbocycles. The lowest BCUT2D eigenvalue weighted by Crippen LogP contribution is -2.41. The molecule has 8 heteroatoms. The summed E-state index contributed by atoms with van der Waals surface area (Å²) in [6.07, 6.45) is 0. The third-order valence-corrected chi connectivity index (χ3v) is 7.01. The Morgan fingerprint density at radius 2 is 1.64 bits per heavy atom. The minimum Gasteiger partial charge on any atom is -0.497 e. The number of aryl methyl sites for hydroxylation is 1. The zero-order valence-electron chi connectivity index (χ0n) is 19.1. The van der Waals surface area contributed by atoms with Gasteiger partial charge < -0.3 is 14.8 Å². The van der Waals surface area contributed by atoms with Crippen LogP contribution in [-0.4, -0.2) is 35.1 Å². The second-order valence-electron chi connectivity index (χ2n) is 7.56. The average Bonchev–Trinajstić information content (AvgIpc) is 2.82. The Hall–Kier alpha value is -3.52. The molecule has 0 spiro atoms. The van der Waals surface area contributed by atoms with Gasteiger partial charge in [-0.2, -0.15) is 0 Å². The number of para-hydroxylation sites is 1. The van der Waals surface area contributed by atoms with Gasteiger partial charge in [-0.15, -0.1) is 0 Å². The van der Waals surface area contributed by atoms with Crippen LogP contribution in [0.5, 0.6) is 11.5 Å². The first-order valence-electron chi connectivity index (χ1n) is 10.4. The molecular weight excluding hydrogens is 440 g/mol. The van der Waals surface area contributed by atoms with Gasteiger partial charge in [0.25, 0.3) is 10.0 Å². The van der Waals surface area contributed by atoms with Gasteiger partial charge in [-0.1, -0.05) is 35.9 Å². The lowest BCUT2D eigenvalue weighted by atomic mass is 10.1. The van der Waals surface area contributed by atoms with Gasteiger partial charge >= 0.3 is 0 Å². The number of ether oxygens (including phenoxy) is 2. The van der Waals surface area contributed by atoms with E-state index in [1.165, 1.54) is 0 Å². The van der Waals surface area contributed by atoms with Crippen LogP contribution in [0.1, 0.15) is 24.1 Å². The Balaban J connectivity index is 1.88. The fourth-order valence-electron chi connectivity index (χ4n) is 3.42. The van der Waals surface area contributed by atoms with Gasteiger partial charge in [-0.25, -0.2) is 8.42 Å². The molecule has 0 unspecified atom stereocenters. The molecule has 0 bridgehead atoms. The monoisotopic (exact) mass is 468 g/mol. The first-order chi connectivity index (χ1) is 15.8. The summed E-state index contributed by atoms with van der Waals surface area (Å²) in [6.45, 7) is 3.31.